The topological polar surface area (TPSA) is 61.4 Å². The normalized spacial score (nSPS) is 23.7. The summed E-state index contributed by atoms with van der Waals surface area (Å²) < 4.78 is 0. The molecule has 6 nitrogen and oxygen atoms in total. The Morgan fingerprint density at radius 1 is 1.12 bits per heavy atom. The quantitative estimate of drug-likeness (QED) is 0.901. The van der Waals surface area contributed by atoms with E-state index in [0.29, 0.717) is 0 Å². The third-order valence-corrected chi connectivity index (χ3v) is 5.90. The highest BCUT2D eigenvalue weighted by molar-refractivity contribution is 7.99. The SMILES string of the molecule is O=C(C1CSC(c2cccnc2)N1)N1CCN(c2ccccn2)CC1. The molecule has 2 aliphatic heterocycles. The van der Waals surface area contributed by atoms with Gasteiger partial charge in [-0.25, -0.2) is 4.98 Å². The second-order valence-electron chi connectivity index (χ2n) is 6.22. The monoisotopic (exact) mass is 355 g/mol. The molecule has 1 N–H and O–H groups in total. The van der Waals surface area contributed by atoms with E-state index in [0.717, 1.165) is 43.3 Å². The average molecular weight is 355 g/mol. The molecule has 0 aromatic carbocycles. The first-order valence-corrected chi connectivity index (χ1v) is 9.58. The Morgan fingerprint density at radius 3 is 2.72 bits per heavy atom. The van der Waals surface area contributed by atoms with Crippen LogP contribution >= 0.6 is 11.8 Å². The maximum absolute atomic E-state index is 12.8. The number of carbonyl (C=O) groups is 1. The highest BCUT2D eigenvalue weighted by atomic mass is 32.2. The fraction of sp³-hybridized carbons (Fsp3) is 0.389. The summed E-state index contributed by atoms with van der Waals surface area (Å²) in [5, 5.41) is 3.60. The Morgan fingerprint density at radius 2 is 2.00 bits per heavy atom. The smallest absolute Gasteiger partial charge is 0.240 e. The van der Waals surface area contributed by atoms with E-state index in [4.69, 9.17) is 0 Å². The maximum Gasteiger partial charge on any atom is 0.240 e. The molecule has 4 rings (SSSR count). The molecule has 1 amide bonds. The van der Waals surface area contributed by atoms with Crippen LogP contribution in [0.25, 0.3) is 0 Å². The molecule has 2 fully saturated rings. The molecule has 0 spiro atoms. The van der Waals surface area contributed by atoms with Gasteiger partial charge in [-0.3, -0.25) is 15.1 Å². The van der Waals surface area contributed by atoms with Crippen LogP contribution in [0.2, 0.25) is 0 Å². The van der Waals surface area contributed by atoms with Gasteiger partial charge in [0.15, 0.2) is 0 Å². The maximum atomic E-state index is 12.8. The molecular formula is C18H21N5OS. The molecule has 2 unspecified atom stereocenters. The van der Waals surface area contributed by atoms with E-state index in [1.54, 1.807) is 18.0 Å². The number of carbonyl (C=O) groups excluding carboxylic acids is 1. The molecule has 0 bridgehead atoms. The molecule has 2 aromatic rings. The minimum absolute atomic E-state index is 0.114. The number of hydrogen-bond donors (Lipinski definition) is 1. The molecule has 2 aromatic heterocycles. The molecule has 0 aliphatic carbocycles. The number of nitrogens with zero attached hydrogens (tertiary/aromatic N) is 4. The largest absolute Gasteiger partial charge is 0.353 e. The average Bonchev–Trinajstić information content (AvgIpc) is 3.19. The van der Waals surface area contributed by atoms with Crippen molar-refractivity contribution in [2.45, 2.75) is 11.4 Å². The molecule has 0 radical (unpaired) electrons. The lowest BCUT2D eigenvalue weighted by Crippen LogP contribution is -2.53. The van der Waals surface area contributed by atoms with Gasteiger partial charge in [-0.05, 0) is 23.8 Å². The van der Waals surface area contributed by atoms with Crippen molar-refractivity contribution in [1.82, 2.24) is 20.2 Å². The fourth-order valence-electron chi connectivity index (χ4n) is 3.25. The summed E-state index contributed by atoms with van der Waals surface area (Å²) in [6.07, 6.45) is 5.45. The van der Waals surface area contributed by atoms with Crippen molar-refractivity contribution < 1.29 is 4.79 Å². The number of thioether (sulfide) groups is 1. The Labute approximate surface area is 151 Å². The molecule has 7 heteroatoms. The predicted octanol–water partition coefficient (Wildman–Crippen LogP) is 1.53. The zero-order valence-electron chi connectivity index (χ0n) is 13.9. The van der Waals surface area contributed by atoms with Gasteiger partial charge >= 0.3 is 0 Å². The number of pyridine rings is 2. The van der Waals surface area contributed by atoms with Crippen LogP contribution in [0.1, 0.15) is 10.9 Å². The van der Waals surface area contributed by atoms with E-state index < -0.39 is 0 Å². The Kier molecular flexibility index (Phi) is 4.85. The Balaban J connectivity index is 1.32. The molecule has 2 saturated heterocycles. The summed E-state index contributed by atoms with van der Waals surface area (Å²) in [7, 11) is 0. The third kappa shape index (κ3) is 3.62. The van der Waals surface area contributed by atoms with Gasteiger partial charge in [0.05, 0.1) is 11.4 Å². The number of amides is 1. The van der Waals surface area contributed by atoms with E-state index in [-0.39, 0.29) is 17.3 Å². The summed E-state index contributed by atoms with van der Waals surface area (Å²) >= 11 is 1.77. The lowest BCUT2D eigenvalue weighted by Gasteiger charge is -2.36. The number of aromatic nitrogens is 2. The summed E-state index contributed by atoms with van der Waals surface area (Å²) in [5.41, 5.74) is 1.13. The second-order valence-corrected chi connectivity index (χ2v) is 7.36. The fourth-order valence-corrected chi connectivity index (χ4v) is 4.47. The highest BCUT2D eigenvalue weighted by Crippen LogP contribution is 2.32. The van der Waals surface area contributed by atoms with Gasteiger partial charge in [-0.15, -0.1) is 11.8 Å². The highest BCUT2D eigenvalue weighted by Gasteiger charge is 2.34. The van der Waals surface area contributed by atoms with Crippen molar-refractivity contribution in [1.29, 1.82) is 0 Å². The van der Waals surface area contributed by atoms with Crippen molar-refractivity contribution in [3.05, 3.63) is 54.5 Å². The van der Waals surface area contributed by atoms with Crippen LogP contribution in [0, 0.1) is 0 Å². The van der Waals surface area contributed by atoms with Crippen LogP contribution in [-0.2, 0) is 4.79 Å². The van der Waals surface area contributed by atoms with E-state index in [1.807, 2.05) is 41.6 Å². The number of anilines is 1. The predicted molar refractivity (Wildman–Crippen MR) is 99.4 cm³/mol. The molecule has 25 heavy (non-hydrogen) atoms. The number of rotatable bonds is 3. The van der Waals surface area contributed by atoms with Crippen molar-refractivity contribution in [2.24, 2.45) is 0 Å². The van der Waals surface area contributed by atoms with Crippen molar-refractivity contribution in [2.75, 3.05) is 36.8 Å². The lowest BCUT2D eigenvalue weighted by atomic mass is 10.2. The summed E-state index contributed by atoms with van der Waals surface area (Å²) in [4.78, 5) is 25.6. The summed E-state index contributed by atoms with van der Waals surface area (Å²) in [5.74, 6) is 2.00. The Hall–Kier alpha value is -2.12. The molecule has 130 valence electrons. The first kappa shape index (κ1) is 16.4. The van der Waals surface area contributed by atoms with Crippen LogP contribution in [0.4, 0.5) is 5.82 Å². The van der Waals surface area contributed by atoms with Crippen molar-refractivity contribution in [3.63, 3.8) is 0 Å². The van der Waals surface area contributed by atoms with Crippen LogP contribution in [0.5, 0.6) is 0 Å². The van der Waals surface area contributed by atoms with Crippen molar-refractivity contribution in [3.8, 4) is 0 Å². The van der Waals surface area contributed by atoms with Gasteiger partial charge < -0.3 is 9.80 Å². The van der Waals surface area contributed by atoms with Crippen LogP contribution in [0.3, 0.4) is 0 Å². The first-order valence-electron chi connectivity index (χ1n) is 8.53. The number of hydrogen-bond acceptors (Lipinski definition) is 6. The van der Waals surface area contributed by atoms with Gasteiger partial charge in [0.1, 0.15) is 5.82 Å². The number of nitrogens with one attached hydrogen (secondary N) is 1. The van der Waals surface area contributed by atoms with Gasteiger partial charge in [-0.2, -0.15) is 0 Å². The van der Waals surface area contributed by atoms with Crippen LogP contribution < -0.4 is 10.2 Å². The Bertz CT molecular complexity index is 706. The molecule has 4 heterocycles. The van der Waals surface area contributed by atoms with Gasteiger partial charge in [0, 0.05) is 50.5 Å². The number of piperazine rings is 1. The zero-order chi connectivity index (χ0) is 17.1. The summed E-state index contributed by atoms with van der Waals surface area (Å²) in [6, 6.07) is 9.81. The molecular weight excluding hydrogens is 334 g/mol. The summed E-state index contributed by atoms with van der Waals surface area (Å²) in [6.45, 7) is 3.15. The molecule has 2 aliphatic rings. The van der Waals surface area contributed by atoms with Crippen LogP contribution in [0.15, 0.2) is 48.9 Å². The lowest BCUT2D eigenvalue weighted by molar-refractivity contribution is -0.133. The van der Waals surface area contributed by atoms with E-state index >= 15 is 0 Å². The van der Waals surface area contributed by atoms with Crippen LogP contribution in [-0.4, -0.2) is 58.7 Å². The van der Waals surface area contributed by atoms with Gasteiger partial charge in [0.2, 0.25) is 5.91 Å². The van der Waals surface area contributed by atoms with Gasteiger partial charge in [-0.1, -0.05) is 12.1 Å². The molecule has 0 saturated carbocycles. The van der Waals surface area contributed by atoms with E-state index in [2.05, 4.69) is 26.3 Å². The van der Waals surface area contributed by atoms with E-state index in [1.165, 1.54) is 0 Å². The van der Waals surface area contributed by atoms with Gasteiger partial charge in [0.25, 0.3) is 0 Å². The van der Waals surface area contributed by atoms with E-state index in [9.17, 15) is 4.79 Å². The minimum atomic E-state index is -0.114. The second kappa shape index (κ2) is 7.41. The zero-order valence-corrected chi connectivity index (χ0v) is 14.7. The standard InChI is InChI=1S/C18H21N5OS/c24-18(15-13-25-17(21-15)14-4-3-6-19-12-14)23-10-8-22(9-11-23)16-5-1-2-7-20-16/h1-7,12,15,17,21H,8-11,13H2. The first-order chi connectivity index (χ1) is 12.3. The minimum Gasteiger partial charge on any atom is -0.353 e. The van der Waals surface area contributed by atoms with Crippen molar-refractivity contribution >= 4 is 23.5 Å². The third-order valence-electron chi connectivity index (χ3n) is 4.63. The molecule has 2 atom stereocenters.